The molecule has 2 aromatic rings. The molecule has 0 aliphatic heterocycles. The van der Waals surface area contributed by atoms with Crippen molar-refractivity contribution in [3.63, 3.8) is 0 Å². The van der Waals surface area contributed by atoms with Crippen molar-refractivity contribution in [2.45, 2.75) is 25.8 Å². The molecular formula is C19H28IN3O2S. The van der Waals surface area contributed by atoms with Crippen LogP contribution in [0.4, 0.5) is 0 Å². The van der Waals surface area contributed by atoms with Gasteiger partial charge in [-0.3, -0.25) is 4.99 Å². The largest absolute Gasteiger partial charge is 0.356 e. The van der Waals surface area contributed by atoms with E-state index in [9.17, 15) is 8.42 Å². The van der Waals surface area contributed by atoms with Crippen LogP contribution in [-0.2, 0) is 16.3 Å². The highest BCUT2D eigenvalue weighted by Gasteiger charge is 2.09. The number of aliphatic imine (C=N–C) groups is 1. The molecule has 2 aromatic carbocycles. The first-order valence-electron chi connectivity index (χ1n) is 8.50. The van der Waals surface area contributed by atoms with E-state index in [2.05, 4.69) is 52.0 Å². The zero-order chi connectivity index (χ0) is 18.3. The molecule has 0 aliphatic carbocycles. The number of hydrogen-bond acceptors (Lipinski definition) is 3. The van der Waals surface area contributed by atoms with Crippen LogP contribution in [0.1, 0.15) is 18.9 Å². The van der Waals surface area contributed by atoms with E-state index in [1.54, 1.807) is 7.05 Å². The van der Waals surface area contributed by atoms with Crippen LogP contribution < -0.4 is 10.6 Å². The van der Waals surface area contributed by atoms with E-state index in [4.69, 9.17) is 0 Å². The molecule has 0 saturated carbocycles. The van der Waals surface area contributed by atoms with Crippen molar-refractivity contribution in [1.29, 1.82) is 0 Å². The number of sulfone groups is 1. The summed E-state index contributed by atoms with van der Waals surface area (Å²) in [6.07, 6.45) is 2.71. The monoisotopic (exact) mass is 489 g/mol. The predicted octanol–water partition coefficient (Wildman–Crippen LogP) is 2.99. The predicted molar refractivity (Wildman–Crippen MR) is 121 cm³/mol. The molecule has 7 heteroatoms. The van der Waals surface area contributed by atoms with E-state index in [0.717, 1.165) is 13.0 Å². The zero-order valence-corrected chi connectivity index (χ0v) is 18.7. The molecule has 0 aromatic heterocycles. The highest BCUT2D eigenvalue weighted by atomic mass is 127. The number of nitrogens with one attached hydrogen (secondary N) is 2. The molecule has 0 amide bonds. The van der Waals surface area contributed by atoms with Gasteiger partial charge in [0.2, 0.25) is 0 Å². The Balaban J connectivity index is 0.00000338. The second kappa shape index (κ2) is 10.7. The Bertz CT molecular complexity index is 832. The molecular weight excluding hydrogens is 461 g/mol. The average molecular weight is 489 g/mol. The molecule has 2 rings (SSSR count). The number of rotatable bonds is 7. The van der Waals surface area contributed by atoms with Gasteiger partial charge in [-0.1, -0.05) is 42.5 Å². The van der Waals surface area contributed by atoms with Gasteiger partial charge in [-0.05, 0) is 36.1 Å². The van der Waals surface area contributed by atoms with Crippen LogP contribution in [0.25, 0.3) is 10.8 Å². The number of benzene rings is 2. The van der Waals surface area contributed by atoms with Gasteiger partial charge in [0.05, 0.1) is 5.75 Å². The maximum absolute atomic E-state index is 11.3. The number of hydrogen-bond donors (Lipinski definition) is 2. The normalized spacial score (nSPS) is 13.1. The van der Waals surface area contributed by atoms with Gasteiger partial charge < -0.3 is 10.6 Å². The van der Waals surface area contributed by atoms with Gasteiger partial charge in [0.25, 0.3) is 0 Å². The summed E-state index contributed by atoms with van der Waals surface area (Å²) < 4.78 is 22.5. The van der Waals surface area contributed by atoms with E-state index >= 15 is 0 Å². The van der Waals surface area contributed by atoms with Crippen molar-refractivity contribution in [3.05, 3.63) is 48.0 Å². The van der Waals surface area contributed by atoms with Gasteiger partial charge in [-0.2, -0.15) is 0 Å². The van der Waals surface area contributed by atoms with E-state index in [-0.39, 0.29) is 35.8 Å². The number of fused-ring (bicyclic) bond motifs is 1. The highest BCUT2D eigenvalue weighted by molar-refractivity contribution is 14.0. The lowest BCUT2D eigenvalue weighted by molar-refractivity contribution is 0.581. The summed E-state index contributed by atoms with van der Waals surface area (Å²) in [6.45, 7) is 2.72. The molecule has 144 valence electrons. The maximum atomic E-state index is 11.3. The maximum Gasteiger partial charge on any atom is 0.191 e. The Hall–Kier alpha value is -1.35. The first kappa shape index (κ1) is 22.7. The smallest absolute Gasteiger partial charge is 0.191 e. The van der Waals surface area contributed by atoms with Gasteiger partial charge in [0.1, 0.15) is 9.84 Å². The summed E-state index contributed by atoms with van der Waals surface area (Å²) in [5.41, 5.74) is 1.30. The Kier molecular flexibility index (Phi) is 9.35. The van der Waals surface area contributed by atoms with Crippen molar-refractivity contribution in [2.24, 2.45) is 4.99 Å². The molecule has 0 aliphatic rings. The number of halogens is 1. The minimum Gasteiger partial charge on any atom is -0.356 e. The molecule has 5 nitrogen and oxygen atoms in total. The Morgan fingerprint density at radius 3 is 2.54 bits per heavy atom. The van der Waals surface area contributed by atoms with Crippen LogP contribution >= 0.6 is 24.0 Å². The lowest BCUT2D eigenvalue weighted by atomic mass is 10.0. The lowest BCUT2D eigenvalue weighted by Crippen LogP contribution is -2.43. The van der Waals surface area contributed by atoms with Crippen LogP contribution in [-0.4, -0.2) is 46.0 Å². The molecule has 0 heterocycles. The second-order valence-electron chi connectivity index (χ2n) is 6.35. The van der Waals surface area contributed by atoms with Crippen molar-refractivity contribution < 1.29 is 8.42 Å². The van der Waals surface area contributed by atoms with Crippen LogP contribution in [0.2, 0.25) is 0 Å². The van der Waals surface area contributed by atoms with Crippen LogP contribution in [0.3, 0.4) is 0 Å². The van der Waals surface area contributed by atoms with Crippen molar-refractivity contribution in [1.82, 2.24) is 10.6 Å². The summed E-state index contributed by atoms with van der Waals surface area (Å²) in [5, 5.41) is 9.06. The van der Waals surface area contributed by atoms with E-state index < -0.39 is 9.84 Å². The molecule has 2 N–H and O–H groups in total. The highest BCUT2D eigenvalue weighted by Crippen LogP contribution is 2.18. The fraction of sp³-hybridized carbons (Fsp3) is 0.421. The molecule has 0 spiro atoms. The van der Waals surface area contributed by atoms with Crippen LogP contribution in [0.5, 0.6) is 0 Å². The molecule has 0 radical (unpaired) electrons. The fourth-order valence-electron chi connectivity index (χ4n) is 2.72. The van der Waals surface area contributed by atoms with Crippen LogP contribution in [0, 0.1) is 0 Å². The van der Waals surface area contributed by atoms with E-state index in [0.29, 0.717) is 12.4 Å². The minimum atomic E-state index is -2.94. The molecule has 1 atom stereocenters. The summed E-state index contributed by atoms with van der Waals surface area (Å²) in [6, 6.07) is 14.8. The third-order valence-electron chi connectivity index (χ3n) is 4.10. The van der Waals surface area contributed by atoms with E-state index in [1.165, 1.54) is 22.6 Å². The SMILES string of the molecule is CN=C(NCCc1cccc2ccccc12)NC(C)CCS(C)(=O)=O.I. The number of guanidine groups is 1. The van der Waals surface area contributed by atoms with Gasteiger partial charge >= 0.3 is 0 Å². The Morgan fingerprint density at radius 2 is 1.85 bits per heavy atom. The Morgan fingerprint density at radius 1 is 1.15 bits per heavy atom. The molecule has 26 heavy (non-hydrogen) atoms. The summed E-state index contributed by atoms with van der Waals surface area (Å²) in [5.74, 6) is 0.870. The Labute approximate surface area is 173 Å². The van der Waals surface area contributed by atoms with Crippen molar-refractivity contribution in [3.8, 4) is 0 Å². The third-order valence-corrected chi connectivity index (χ3v) is 5.07. The zero-order valence-electron chi connectivity index (χ0n) is 15.5. The van der Waals surface area contributed by atoms with Crippen molar-refractivity contribution >= 4 is 50.5 Å². The van der Waals surface area contributed by atoms with Gasteiger partial charge in [-0.25, -0.2) is 8.42 Å². The molecule has 0 fully saturated rings. The first-order valence-corrected chi connectivity index (χ1v) is 10.6. The van der Waals surface area contributed by atoms with Crippen LogP contribution in [0.15, 0.2) is 47.5 Å². The number of nitrogens with zero attached hydrogens (tertiary/aromatic N) is 1. The second-order valence-corrected chi connectivity index (χ2v) is 8.61. The van der Waals surface area contributed by atoms with Crippen molar-refractivity contribution in [2.75, 3.05) is 25.6 Å². The molecule has 1 unspecified atom stereocenters. The topological polar surface area (TPSA) is 70.6 Å². The average Bonchev–Trinajstić information content (AvgIpc) is 2.58. The molecule has 0 bridgehead atoms. The fourth-order valence-corrected chi connectivity index (χ4v) is 3.50. The first-order chi connectivity index (χ1) is 11.9. The minimum absolute atomic E-state index is 0. The van der Waals surface area contributed by atoms with Gasteiger partial charge in [0.15, 0.2) is 5.96 Å². The van der Waals surface area contributed by atoms with Gasteiger partial charge in [0, 0.05) is 25.9 Å². The summed E-state index contributed by atoms with van der Waals surface area (Å²) in [7, 11) is -1.22. The third kappa shape index (κ3) is 7.49. The van der Waals surface area contributed by atoms with E-state index in [1.807, 2.05) is 13.0 Å². The summed E-state index contributed by atoms with van der Waals surface area (Å²) >= 11 is 0. The molecule has 0 saturated heterocycles. The quantitative estimate of drug-likeness (QED) is 0.357. The standard InChI is InChI=1S/C19H27N3O2S.HI/c1-15(12-14-25(3,23)24)22-19(20-2)21-13-11-17-9-6-8-16-7-4-5-10-18(16)17;/h4-10,15H,11-14H2,1-3H3,(H2,20,21,22);1H. The summed E-state index contributed by atoms with van der Waals surface area (Å²) in [4.78, 5) is 4.21. The lowest BCUT2D eigenvalue weighted by Gasteiger charge is -2.17. The van der Waals surface area contributed by atoms with Gasteiger partial charge in [-0.15, -0.1) is 24.0 Å².